The molecule has 6 heteroatoms. The normalized spacial score (nSPS) is 51.5. The van der Waals surface area contributed by atoms with Gasteiger partial charge in [-0.3, -0.25) is 4.79 Å². The van der Waals surface area contributed by atoms with Crippen molar-refractivity contribution >= 4 is 5.97 Å². The van der Waals surface area contributed by atoms with Gasteiger partial charge in [-0.05, 0) is 44.4 Å². The number of hydrogen-bond donors (Lipinski definition) is 0. The standard InChI is InChI=1S/C19H30O6/c1-5-6-15(20)21-16-12(3)14-8-7-11(2)13-9-10-18(4)23-17(22-16)19(13,14)25-24-18/h11-14,16-17H,5-10H2,1-4H3/t11-,12-,13+,14+,16+,17-,18-,19-/m1/s1. The number of carbonyl (C=O) groups is 1. The highest BCUT2D eigenvalue weighted by molar-refractivity contribution is 5.69. The molecule has 0 amide bonds. The molecule has 2 bridgehead atoms. The highest BCUT2D eigenvalue weighted by Crippen LogP contribution is 2.60. The predicted octanol–water partition coefficient (Wildman–Crippen LogP) is 3.54. The van der Waals surface area contributed by atoms with Gasteiger partial charge in [0.15, 0.2) is 11.9 Å². The van der Waals surface area contributed by atoms with E-state index in [0.29, 0.717) is 18.3 Å². The lowest BCUT2D eigenvalue weighted by Crippen LogP contribution is -2.70. The molecule has 25 heavy (non-hydrogen) atoms. The third-order valence-corrected chi connectivity index (χ3v) is 6.80. The van der Waals surface area contributed by atoms with Crippen LogP contribution in [0.1, 0.15) is 66.2 Å². The minimum atomic E-state index is -0.796. The number of fused-ring (bicyclic) bond motifs is 2. The van der Waals surface area contributed by atoms with E-state index in [1.54, 1.807) is 0 Å². The summed E-state index contributed by atoms with van der Waals surface area (Å²) in [6.45, 7) is 8.24. The van der Waals surface area contributed by atoms with Crippen LogP contribution in [0.2, 0.25) is 0 Å². The molecule has 142 valence electrons. The van der Waals surface area contributed by atoms with Crippen molar-refractivity contribution in [3.05, 3.63) is 0 Å². The molecule has 1 spiro atoms. The summed E-state index contributed by atoms with van der Waals surface area (Å²) in [5.74, 6) is 0.0851. The Morgan fingerprint density at radius 1 is 1.16 bits per heavy atom. The molecule has 0 aromatic rings. The maximum absolute atomic E-state index is 12.0. The van der Waals surface area contributed by atoms with Crippen LogP contribution in [0.25, 0.3) is 0 Å². The lowest BCUT2D eigenvalue weighted by atomic mass is 9.58. The quantitative estimate of drug-likeness (QED) is 0.571. The number of hydrogen-bond acceptors (Lipinski definition) is 6. The van der Waals surface area contributed by atoms with E-state index in [0.717, 1.165) is 32.1 Å². The molecule has 8 atom stereocenters. The Bertz CT molecular complexity index is 538. The fourth-order valence-electron chi connectivity index (χ4n) is 5.40. The molecule has 0 N–H and O–H groups in total. The van der Waals surface area contributed by atoms with Crippen LogP contribution < -0.4 is 0 Å². The topological polar surface area (TPSA) is 63.2 Å². The Kier molecular flexibility index (Phi) is 4.38. The second-order valence-corrected chi connectivity index (χ2v) is 8.51. The van der Waals surface area contributed by atoms with Gasteiger partial charge < -0.3 is 14.2 Å². The van der Waals surface area contributed by atoms with Crippen molar-refractivity contribution < 1.29 is 28.8 Å². The van der Waals surface area contributed by atoms with Gasteiger partial charge in [0, 0.05) is 24.7 Å². The fraction of sp³-hybridized carbons (Fsp3) is 0.947. The van der Waals surface area contributed by atoms with Crippen LogP contribution in [0.4, 0.5) is 0 Å². The third-order valence-electron chi connectivity index (χ3n) is 6.80. The molecule has 1 aliphatic carbocycles. The van der Waals surface area contributed by atoms with Gasteiger partial charge in [0.1, 0.15) is 0 Å². The van der Waals surface area contributed by atoms with Crippen LogP contribution in [-0.2, 0) is 28.8 Å². The zero-order valence-electron chi connectivity index (χ0n) is 15.7. The van der Waals surface area contributed by atoms with E-state index in [2.05, 4.69) is 13.8 Å². The lowest BCUT2D eigenvalue weighted by Gasteiger charge is -2.59. The molecule has 5 aliphatic rings. The van der Waals surface area contributed by atoms with Gasteiger partial charge >= 0.3 is 5.97 Å². The van der Waals surface area contributed by atoms with Gasteiger partial charge in [-0.25, -0.2) is 9.78 Å². The second kappa shape index (κ2) is 6.19. The molecule has 0 aromatic carbocycles. The third kappa shape index (κ3) is 2.64. The maximum atomic E-state index is 12.0. The van der Waals surface area contributed by atoms with Crippen molar-refractivity contribution in [2.24, 2.45) is 23.7 Å². The average molecular weight is 354 g/mol. The Labute approximate surface area is 149 Å². The van der Waals surface area contributed by atoms with Gasteiger partial charge in [-0.15, -0.1) is 0 Å². The van der Waals surface area contributed by atoms with Crippen LogP contribution in [-0.4, -0.2) is 29.9 Å². The van der Waals surface area contributed by atoms with Gasteiger partial charge in [-0.2, -0.15) is 0 Å². The lowest BCUT2D eigenvalue weighted by molar-refractivity contribution is -0.576. The molecule has 4 saturated heterocycles. The zero-order valence-corrected chi connectivity index (χ0v) is 15.7. The molecule has 0 unspecified atom stereocenters. The van der Waals surface area contributed by atoms with Crippen LogP contribution in [0.5, 0.6) is 0 Å². The first-order valence-electron chi connectivity index (χ1n) is 9.79. The number of esters is 1. The summed E-state index contributed by atoms with van der Waals surface area (Å²) in [6.07, 6.45) is 3.97. The van der Waals surface area contributed by atoms with Crippen molar-refractivity contribution in [3.63, 3.8) is 0 Å². The summed E-state index contributed by atoms with van der Waals surface area (Å²) in [6, 6.07) is 0. The molecular formula is C19H30O6. The number of ether oxygens (including phenoxy) is 3. The molecular weight excluding hydrogens is 324 g/mol. The monoisotopic (exact) mass is 354 g/mol. The molecule has 4 heterocycles. The molecule has 5 fully saturated rings. The molecule has 6 nitrogen and oxygen atoms in total. The summed E-state index contributed by atoms with van der Waals surface area (Å²) in [4.78, 5) is 23.9. The first kappa shape index (κ1) is 17.7. The van der Waals surface area contributed by atoms with Crippen LogP contribution in [0, 0.1) is 23.7 Å². The summed E-state index contributed by atoms with van der Waals surface area (Å²) in [5.41, 5.74) is -0.596. The minimum absolute atomic E-state index is 0.0433. The summed E-state index contributed by atoms with van der Waals surface area (Å²) in [5, 5.41) is 0. The van der Waals surface area contributed by atoms with Crippen molar-refractivity contribution in [3.8, 4) is 0 Å². The summed E-state index contributed by atoms with van der Waals surface area (Å²) < 4.78 is 18.1. The number of carbonyl (C=O) groups excluding carboxylic acids is 1. The van der Waals surface area contributed by atoms with Crippen molar-refractivity contribution in [1.82, 2.24) is 0 Å². The van der Waals surface area contributed by atoms with Gasteiger partial charge in [0.25, 0.3) is 0 Å². The van der Waals surface area contributed by atoms with Crippen LogP contribution in [0.15, 0.2) is 0 Å². The zero-order chi connectivity index (χ0) is 17.8. The van der Waals surface area contributed by atoms with Gasteiger partial charge in [-0.1, -0.05) is 20.8 Å². The second-order valence-electron chi connectivity index (χ2n) is 8.51. The van der Waals surface area contributed by atoms with E-state index in [4.69, 9.17) is 24.0 Å². The van der Waals surface area contributed by atoms with E-state index in [1.165, 1.54) is 0 Å². The number of rotatable bonds is 3. The van der Waals surface area contributed by atoms with Crippen LogP contribution in [0.3, 0.4) is 0 Å². The maximum Gasteiger partial charge on any atom is 0.308 e. The SMILES string of the molecule is CCCC(=O)O[C@H]1O[C@@H]2O[C@@]3(C)CC[C@H]4[C@H](C)CC[C@@H]([C@H]1C)[C@@]24OO3. The predicted molar refractivity (Wildman–Crippen MR) is 87.8 cm³/mol. The Morgan fingerprint density at radius 3 is 2.72 bits per heavy atom. The summed E-state index contributed by atoms with van der Waals surface area (Å²) in [7, 11) is 0. The van der Waals surface area contributed by atoms with Gasteiger partial charge in [0.2, 0.25) is 12.1 Å². The highest BCUT2D eigenvalue weighted by atomic mass is 17.3. The molecule has 0 aromatic heterocycles. The molecule has 1 saturated carbocycles. The van der Waals surface area contributed by atoms with Crippen molar-refractivity contribution in [2.75, 3.05) is 0 Å². The Morgan fingerprint density at radius 2 is 1.96 bits per heavy atom. The Hall–Kier alpha value is -0.690. The largest absolute Gasteiger partial charge is 0.435 e. The van der Waals surface area contributed by atoms with Crippen molar-refractivity contribution in [2.45, 2.75) is 90.2 Å². The van der Waals surface area contributed by atoms with E-state index in [1.807, 2.05) is 13.8 Å². The summed E-state index contributed by atoms with van der Waals surface area (Å²) >= 11 is 0. The Balaban J connectivity index is 1.66. The van der Waals surface area contributed by atoms with E-state index in [-0.39, 0.29) is 17.8 Å². The first-order valence-corrected chi connectivity index (χ1v) is 9.79. The highest BCUT2D eigenvalue weighted by Gasteiger charge is 2.69. The van der Waals surface area contributed by atoms with Crippen molar-refractivity contribution in [1.29, 1.82) is 0 Å². The van der Waals surface area contributed by atoms with Crippen LogP contribution >= 0.6 is 0 Å². The molecule has 4 aliphatic heterocycles. The van der Waals surface area contributed by atoms with E-state index in [9.17, 15) is 4.79 Å². The van der Waals surface area contributed by atoms with Gasteiger partial charge in [0.05, 0.1) is 0 Å². The molecule has 5 rings (SSSR count). The average Bonchev–Trinajstić information content (AvgIpc) is 2.79. The van der Waals surface area contributed by atoms with E-state index >= 15 is 0 Å². The minimum Gasteiger partial charge on any atom is -0.435 e. The van der Waals surface area contributed by atoms with E-state index < -0.39 is 24.0 Å². The fourth-order valence-corrected chi connectivity index (χ4v) is 5.40. The molecule has 0 radical (unpaired) electrons. The first-order chi connectivity index (χ1) is 11.9. The smallest absolute Gasteiger partial charge is 0.308 e.